The van der Waals surface area contributed by atoms with Crippen LogP contribution in [0.25, 0.3) is 0 Å². The van der Waals surface area contributed by atoms with Crippen LogP contribution in [0.4, 0.5) is 10.1 Å². The molecule has 2 aromatic rings. The predicted octanol–water partition coefficient (Wildman–Crippen LogP) is 2.88. The molecule has 6 heteroatoms. The van der Waals surface area contributed by atoms with Crippen LogP contribution in [0, 0.1) is 5.82 Å². The Morgan fingerprint density at radius 2 is 2.17 bits per heavy atom. The summed E-state index contributed by atoms with van der Waals surface area (Å²) in [6.07, 6.45) is 1.72. The fourth-order valence-corrected chi connectivity index (χ4v) is 2.07. The van der Waals surface area contributed by atoms with Gasteiger partial charge in [0.15, 0.2) is 0 Å². The van der Waals surface area contributed by atoms with E-state index in [1.54, 1.807) is 23.9 Å². The van der Waals surface area contributed by atoms with E-state index in [2.05, 4.69) is 21.2 Å². The molecule has 0 saturated heterocycles. The monoisotopic (exact) mass is 312 g/mol. The first-order valence-corrected chi connectivity index (χ1v) is 5.88. The van der Waals surface area contributed by atoms with Gasteiger partial charge in [0.25, 0.3) is 5.91 Å². The predicted molar refractivity (Wildman–Crippen MR) is 69.1 cm³/mol. The van der Waals surface area contributed by atoms with Crippen LogP contribution >= 0.6 is 15.9 Å². The van der Waals surface area contributed by atoms with Gasteiger partial charge in [0.1, 0.15) is 17.3 Å². The Bertz CT molecular complexity index is 610. The normalized spacial score (nSPS) is 10.4. The molecule has 2 N–H and O–H groups in total. The van der Waals surface area contributed by atoms with Crippen LogP contribution in [0.1, 0.15) is 10.5 Å². The first-order valence-electron chi connectivity index (χ1n) is 5.09. The molecule has 0 unspecified atom stereocenters. The molecule has 1 aromatic heterocycles. The van der Waals surface area contributed by atoms with Gasteiger partial charge in [-0.3, -0.25) is 4.79 Å². The van der Waals surface area contributed by atoms with Crippen LogP contribution < -0.4 is 5.32 Å². The number of nitrogens with one attached hydrogen (secondary N) is 1. The van der Waals surface area contributed by atoms with Gasteiger partial charge in [0, 0.05) is 23.8 Å². The fraction of sp³-hybridized carbons (Fsp3) is 0.0833. The molecule has 2 rings (SSSR count). The highest BCUT2D eigenvalue weighted by molar-refractivity contribution is 9.10. The van der Waals surface area contributed by atoms with Gasteiger partial charge in [-0.05, 0) is 34.1 Å². The number of aromatic hydroxyl groups is 1. The van der Waals surface area contributed by atoms with Crippen molar-refractivity contribution in [2.75, 3.05) is 5.32 Å². The summed E-state index contributed by atoms with van der Waals surface area (Å²) in [5.41, 5.74) is 0.421. The number of carbonyl (C=O) groups excluding carboxylic acids is 1. The Kier molecular flexibility index (Phi) is 3.38. The lowest BCUT2D eigenvalue weighted by Gasteiger charge is -2.07. The second-order valence-corrected chi connectivity index (χ2v) is 4.69. The average molecular weight is 313 g/mol. The summed E-state index contributed by atoms with van der Waals surface area (Å²) in [6, 6.07) is 5.18. The maximum absolute atomic E-state index is 13.4. The lowest BCUT2D eigenvalue weighted by molar-refractivity contribution is 0.101. The summed E-state index contributed by atoms with van der Waals surface area (Å²) in [7, 11) is 1.72. The van der Waals surface area contributed by atoms with Crippen molar-refractivity contribution in [1.82, 2.24) is 4.57 Å². The van der Waals surface area contributed by atoms with Crippen LogP contribution in [0.15, 0.2) is 34.9 Å². The minimum Gasteiger partial charge on any atom is -0.508 e. The summed E-state index contributed by atoms with van der Waals surface area (Å²) in [6.45, 7) is 0. The zero-order chi connectivity index (χ0) is 13.3. The molecule has 1 amide bonds. The molecule has 4 nitrogen and oxygen atoms in total. The largest absolute Gasteiger partial charge is 0.508 e. The van der Waals surface area contributed by atoms with Crippen molar-refractivity contribution in [3.63, 3.8) is 0 Å². The number of amides is 1. The molecule has 0 fully saturated rings. The highest BCUT2D eigenvalue weighted by Gasteiger charge is 2.13. The maximum atomic E-state index is 13.4. The molecule has 18 heavy (non-hydrogen) atoms. The maximum Gasteiger partial charge on any atom is 0.272 e. The lowest BCUT2D eigenvalue weighted by atomic mass is 10.2. The van der Waals surface area contributed by atoms with Crippen molar-refractivity contribution in [3.05, 3.63) is 46.4 Å². The average Bonchev–Trinajstić information content (AvgIpc) is 2.62. The molecular formula is C12H10BrFN2O2. The topological polar surface area (TPSA) is 54.3 Å². The number of halogens is 2. The molecule has 0 spiro atoms. The smallest absolute Gasteiger partial charge is 0.272 e. The third kappa shape index (κ3) is 2.53. The van der Waals surface area contributed by atoms with E-state index in [0.29, 0.717) is 5.69 Å². The molecular weight excluding hydrogens is 303 g/mol. The molecule has 0 atom stereocenters. The van der Waals surface area contributed by atoms with Crippen molar-refractivity contribution >= 4 is 27.5 Å². The van der Waals surface area contributed by atoms with Gasteiger partial charge in [-0.2, -0.15) is 0 Å². The van der Waals surface area contributed by atoms with Gasteiger partial charge in [0.2, 0.25) is 0 Å². The molecule has 1 aromatic carbocycles. The van der Waals surface area contributed by atoms with Crippen molar-refractivity contribution in [2.45, 2.75) is 0 Å². The zero-order valence-corrected chi connectivity index (χ0v) is 11.0. The highest BCUT2D eigenvalue weighted by atomic mass is 79.9. The molecule has 1 heterocycles. The van der Waals surface area contributed by atoms with Crippen LogP contribution in [0.5, 0.6) is 5.75 Å². The van der Waals surface area contributed by atoms with Crippen molar-refractivity contribution in [2.24, 2.45) is 7.05 Å². The third-order valence-corrected chi connectivity index (χ3v) is 2.84. The van der Waals surface area contributed by atoms with Crippen molar-refractivity contribution < 1.29 is 14.3 Å². The summed E-state index contributed by atoms with van der Waals surface area (Å²) < 4.78 is 15.8. The number of phenolic OH excluding ortho intramolecular Hbond substituents is 1. The molecule has 0 saturated carbocycles. The van der Waals surface area contributed by atoms with E-state index in [1.807, 2.05) is 0 Å². The number of carbonyl (C=O) groups is 1. The number of hydrogen-bond donors (Lipinski definition) is 2. The second kappa shape index (κ2) is 4.81. The summed E-state index contributed by atoms with van der Waals surface area (Å²) in [5.74, 6) is -1.29. The fourth-order valence-electron chi connectivity index (χ4n) is 1.54. The number of rotatable bonds is 2. The lowest BCUT2D eigenvalue weighted by Crippen LogP contribution is -2.16. The number of hydrogen-bond acceptors (Lipinski definition) is 2. The number of anilines is 1. The van der Waals surface area contributed by atoms with E-state index in [4.69, 9.17) is 5.11 Å². The van der Waals surface area contributed by atoms with Crippen LogP contribution in [0.3, 0.4) is 0 Å². The molecule has 0 radical (unpaired) electrons. The number of aryl methyl sites for hydroxylation is 1. The Morgan fingerprint density at radius 3 is 2.72 bits per heavy atom. The minimum atomic E-state index is -0.684. The van der Waals surface area contributed by atoms with Crippen LogP contribution in [0.2, 0.25) is 0 Å². The number of nitrogens with zero attached hydrogens (tertiary/aromatic N) is 1. The second-order valence-electron chi connectivity index (χ2n) is 3.77. The number of benzene rings is 1. The first kappa shape index (κ1) is 12.6. The van der Waals surface area contributed by atoms with E-state index < -0.39 is 11.7 Å². The Labute approximate surface area is 111 Å². The van der Waals surface area contributed by atoms with Gasteiger partial charge in [0.05, 0.1) is 5.69 Å². The molecule has 0 aliphatic carbocycles. The van der Waals surface area contributed by atoms with E-state index in [1.165, 1.54) is 12.1 Å². The van der Waals surface area contributed by atoms with Crippen LogP contribution in [-0.4, -0.2) is 15.6 Å². The molecule has 0 aliphatic heterocycles. The third-order valence-electron chi connectivity index (χ3n) is 2.41. The standard InChI is InChI=1S/C12H10BrFN2O2/c1-16-6-7(13)4-11(16)12(18)15-10-3-2-8(17)5-9(10)14/h2-6,17H,1H3,(H,15,18). The SMILES string of the molecule is Cn1cc(Br)cc1C(=O)Nc1ccc(O)cc1F. The Balaban J connectivity index is 2.24. The zero-order valence-electron chi connectivity index (χ0n) is 9.45. The number of aromatic nitrogens is 1. The minimum absolute atomic E-state index is 0.0233. The Hall–Kier alpha value is -1.82. The van der Waals surface area contributed by atoms with Gasteiger partial charge < -0.3 is 15.0 Å². The first-order chi connectivity index (χ1) is 8.47. The highest BCUT2D eigenvalue weighted by Crippen LogP contribution is 2.21. The van der Waals surface area contributed by atoms with Gasteiger partial charge in [-0.15, -0.1) is 0 Å². The quantitative estimate of drug-likeness (QED) is 0.838. The summed E-state index contributed by atoms with van der Waals surface area (Å²) in [5, 5.41) is 11.5. The summed E-state index contributed by atoms with van der Waals surface area (Å²) >= 11 is 3.25. The number of phenols is 1. The summed E-state index contributed by atoms with van der Waals surface area (Å²) in [4.78, 5) is 11.9. The van der Waals surface area contributed by atoms with Crippen molar-refractivity contribution in [1.29, 1.82) is 0 Å². The van der Waals surface area contributed by atoms with E-state index in [9.17, 15) is 9.18 Å². The van der Waals surface area contributed by atoms with Crippen LogP contribution in [-0.2, 0) is 7.05 Å². The molecule has 0 aliphatic rings. The Morgan fingerprint density at radius 1 is 1.44 bits per heavy atom. The van der Waals surface area contributed by atoms with Crippen molar-refractivity contribution in [3.8, 4) is 5.75 Å². The molecule has 94 valence electrons. The van der Waals surface area contributed by atoms with E-state index in [0.717, 1.165) is 10.5 Å². The van der Waals surface area contributed by atoms with Gasteiger partial charge in [-0.25, -0.2) is 4.39 Å². The van der Waals surface area contributed by atoms with Gasteiger partial charge in [-0.1, -0.05) is 0 Å². The van der Waals surface area contributed by atoms with Gasteiger partial charge >= 0.3 is 0 Å². The van der Waals surface area contributed by atoms with E-state index in [-0.39, 0.29) is 11.4 Å². The van der Waals surface area contributed by atoms with E-state index >= 15 is 0 Å². The molecule has 0 bridgehead atoms.